The van der Waals surface area contributed by atoms with Gasteiger partial charge in [0, 0.05) is 11.4 Å². The van der Waals surface area contributed by atoms with Crippen LogP contribution in [-0.2, 0) is 12.8 Å². The molecule has 0 saturated carbocycles. The summed E-state index contributed by atoms with van der Waals surface area (Å²) < 4.78 is 0. The monoisotopic (exact) mass is 405 g/mol. The fourth-order valence-corrected chi connectivity index (χ4v) is 4.19. The molecular weight excluding hydrogens is 370 g/mol. The summed E-state index contributed by atoms with van der Waals surface area (Å²) in [7, 11) is 0. The number of thioether (sulfide) groups is 1. The molecule has 2 aromatic carbocycles. The van der Waals surface area contributed by atoms with Gasteiger partial charge in [-0.1, -0.05) is 68.1 Å². The zero-order valence-corrected chi connectivity index (χ0v) is 19.0. The number of rotatable bonds is 8. The van der Waals surface area contributed by atoms with Crippen LogP contribution in [0.1, 0.15) is 50.3 Å². The number of nitrogens with one attached hydrogen (secondary N) is 1. The SMILES string of the molecule is C=CNc1ccc(CC(C)CCc2ccccc2)c(/C=C\C)c1.CC1=CCCS1. The van der Waals surface area contributed by atoms with Crippen LogP contribution in [0, 0.1) is 5.92 Å². The molecule has 1 aliphatic heterocycles. The van der Waals surface area contributed by atoms with E-state index in [0.717, 1.165) is 18.5 Å². The van der Waals surface area contributed by atoms with Gasteiger partial charge < -0.3 is 5.32 Å². The fourth-order valence-electron chi connectivity index (χ4n) is 3.40. The topological polar surface area (TPSA) is 12.0 Å². The number of hydrogen-bond donors (Lipinski definition) is 1. The van der Waals surface area contributed by atoms with Gasteiger partial charge in [-0.15, -0.1) is 11.8 Å². The Bertz CT molecular complexity index is 805. The Morgan fingerprint density at radius 3 is 2.55 bits per heavy atom. The van der Waals surface area contributed by atoms with Crippen molar-refractivity contribution in [1.29, 1.82) is 0 Å². The molecule has 1 N–H and O–H groups in total. The van der Waals surface area contributed by atoms with Crippen molar-refractivity contribution in [2.75, 3.05) is 11.1 Å². The highest BCUT2D eigenvalue weighted by molar-refractivity contribution is 8.03. The molecular formula is C27H35NS. The van der Waals surface area contributed by atoms with Gasteiger partial charge in [-0.25, -0.2) is 0 Å². The predicted molar refractivity (Wildman–Crippen MR) is 133 cm³/mol. The molecule has 0 amide bonds. The maximum absolute atomic E-state index is 3.73. The molecule has 3 rings (SSSR count). The normalized spacial score (nSPS) is 14.1. The highest BCUT2D eigenvalue weighted by Crippen LogP contribution is 2.23. The average molecular weight is 406 g/mol. The Balaban J connectivity index is 0.000000426. The van der Waals surface area contributed by atoms with Gasteiger partial charge in [-0.2, -0.15) is 0 Å². The zero-order chi connectivity index (χ0) is 20.9. The number of benzene rings is 2. The Morgan fingerprint density at radius 1 is 1.17 bits per heavy atom. The van der Waals surface area contributed by atoms with Crippen LogP contribution in [0.25, 0.3) is 6.08 Å². The fraction of sp³-hybridized carbons (Fsp3) is 0.333. The second-order valence-electron chi connectivity index (χ2n) is 7.55. The molecule has 1 nitrogen and oxygen atoms in total. The van der Waals surface area contributed by atoms with Gasteiger partial charge in [0.15, 0.2) is 0 Å². The van der Waals surface area contributed by atoms with Crippen molar-refractivity contribution in [3.05, 3.63) is 95.1 Å². The minimum atomic E-state index is 0.664. The molecule has 1 aliphatic rings. The van der Waals surface area contributed by atoms with Crippen molar-refractivity contribution in [2.45, 2.75) is 46.5 Å². The summed E-state index contributed by atoms with van der Waals surface area (Å²) in [6.07, 6.45) is 13.1. The first kappa shape index (κ1) is 23.1. The van der Waals surface area contributed by atoms with E-state index in [1.807, 2.05) is 11.8 Å². The Labute approximate surface area is 182 Å². The van der Waals surface area contributed by atoms with E-state index in [0.29, 0.717) is 5.92 Å². The van der Waals surface area contributed by atoms with E-state index in [1.165, 1.54) is 40.2 Å². The van der Waals surface area contributed by atoms with Crippen molar-refractivity contribution in [2.24, 2.45) is 5.92 Å². The summed E-state index contributed by atoms with van der Waals surface area (Å²) in [4.78, 5) is 1.50. The van der Waals surface area contributed by atoms with Crippen molar-refractivity contribution in [3.63, 3.8) is 0 Å². The molecule has 1 heterocycles. The highest BCUT2D eigenvalue weighted by atomic mass is 32.2. The van der Waals surface area contributed by atoms with Crippen LogP contribution in [0.4, 0.5) is 5.69 Å². The van der Waals surface area contributed by atoms with Crippen LogP contribution in [0.15, 0.2) is 78.4 Å². The molecule has 29 heavy (non-hydrogen) atoms. The van der Waals surface area contributed by atoms with Crippen molar-refractivity contribution in [3.8, 4) is 0 Å². The lowest BCUT2D eigenvalue weighted by atomic mass is 9.92. The molecule has 2 heteroatoms. The standard InChI is InChI=1S/C22H27N.C5H8S/c1-4-9-20-17-22(23-5-2)15-14-21(20)16-18(3)12-13-19-10-7-6-8-11-19;1-5-3-2-4-6-5/h4-11,14-15,17-18,23H,2,12-13,16H2,1,3H3;3H,2,4H2,1H3/b9-4-;. The first-order valence-corrected chi connectivity index (χ1v) is 11.6. The van der Waals surface area contributed by atoms with Gasteiger partial charge >= 0.3 is 0 Å². The summed E-state index contributed by atoms with van der Waals surface area (Å²) in [6, 6.07) is 17.3. The molecule has 1 atom stereocenters. The van der Waals surface area contributed by atoms with Crippen molar-refractivity contribution >= 4 is 23.5 Å². The van der Waals surface area contributed by atoms with E-state index in [-0.39, 0.29) is 0 Å². The second-order valence-corrected chi connectivity index (χ2v) is 8.89. The van der Waals surface area contributed by atoms with E-state index < -0.39 is 0 Å². The molecule has 1 unspecified atom stereocenters. The predicted octanol–water partition coefficient (Wildman–Crippen LogP) is 8.11. The molecule has 154 valence electrons. The third-order valence-electron chi connectivity index (χ3n) is 4.98. The highest BCUT2D eigenvalue weighted by Gasteiger charge is 2.08. The number of allylic oxidation sites excluding steroid dienone is 3. The molecule has 0 radical (unpaired) electrons. The maximum Gasteiger partial charge on any atom is 0.0385 e. The minimum Gasteiger partial charge on any atom is -0.362 e. The lowest BCUT2D eigenvalue weighted by Crippen LogP contribution is -2.04. The zero-order valence-electron chi connectivity index (χ0n) is 18.2. The first-order valence-electron chi connectivity index (χ1n) is 10.6. The molecule has 0 fully saturated rings. The van der Waals surface area contributed by atoms with E-state index in [4.69, 9.17) is 0 Å². The van der Waals surface area contributed by atoms with Gasteiger partial charge in [0.1, 0.15) is 0 Å². The van der Waals surface area contributed by atoms with Crippen molar-refractivity contribution < 1.29 is 0 Å². The largest absolute Gasteiger partial charge is 0.362 e. The third-order valence-corrected chi connectivity index (χ3v) is 6.04. The number of anilines is 1. The molecule has 0 spiro atoms. The lowest BCUT2D eigenvalue weighted by Gasteiger charge is -2.15. The first-order chi connectivity index (χ1) is 14.1. The number of aryl methyl sites for hydroxylation is 1. The minimum absolute atomic E-state index is 0.664. The third kappa shape index (κ3) is 8.79. The van der Waals surface area contributed by atoms with Crippen LogP contribution in [-0.4, -0.2) is 5.75 Å². The van der Waals surface area contributed by atoms with Gasteiger partial charge in [0.2, 0.25) is 0 Å². The van der Waals surface area contributed by atoms with Gasteiger partial charge in [-0.05, 0) is 85.4 Å². The summed E-state index contributed by atoms with van der Waals surface area (Å²) in [6.45, 7) is 10.3. The maximum atomic E-state index is 3.73. The lowest BCUT2D eigenvalue weighted by molar-refractivity contribution is 0.530. The van der Waals surface area contributed by atoms with Gasteiger partial charge in [-0.3, -0.25) is 0 Å². The molecule has 2 aromatic rings. The second kappa shape index (κ2) is 13.1. The van der Waals surface area contributed by atoms with E-state index in [1.54, 1.807) is 6.20 Å². The Hall–Kier alpha value is -2.19. The molecule has 0 bridgehead atoms. The molecule has 0 aliphatic carbocycles. The Kier molecular flexibility index (Phi) is 10.4. The van der Waals surface area contributed by atoms with Gasteiger partial charge in [0.25, 0.3) is 0 Å². The molecule has 0 aromatic heterocycles. The van der Waals surface area contributed by atoms with Crippen LogP contribution in [0.5, 0.6) is 0 Å². The Morgan fingerprint density at radius 2 is 1.97 bits per heavy atom. The van der Waals surface area contributed by atoms with E-state index in [9.17, 15) is 0 Å². The van der Waals surface area contributed by atoms with Crippen molar-refractivity contribution in [1.82, 2.24) is 0 Å². The van der Waals surface area contributed by atoms with Crippen LogP contribution >= 0.6 is 11.8 Å². The van der Waals surface area contributed by atoms with E-state index >= 15 is 0 Å². The van der Waals surface area contributed by atoms with Crippen LogP contribution < -0.4 is 5.32 Å². The summed E-state index contributed by atoms with van der Waals surface area (Å²) >= 11 is 1.96. The smallest absolute Gasteiger partial charge is 0.0385 e. The van der Waals surface area contributed by atoms with Crippen LogP contribution in [0.2, 0.25) is 0 Å². The summed E-state index contributed by atoms with van der Waals surface area (Å²) in [5.74, 6) is 1.98. The molecule has 0 saturated heterocycles. The summed E-state index contributed by atoms with van der Waals surface area (Å²) in [5, 5.41) is 3.16. The summed E-state index contributed by atoms with van der Waals surface area (Å²) in [5.41, 5.74) is 5.23. The van der Waals surface area contributed by atoms with Gasteiger partial charge in [0.05, 0.1) is 0 Å². The quantitative estimate of drug-likeness (QED) is 0.476. The average Bonchev–Trinajstić information content (AvgIpc) is 3.21. The van der Waals surface area contributed by atoms with Crippen LogP contribution in [0.3, 0.4) is 0 Å². The van der Waals surface area contributed by atoms with E-state index in [2.05, 4.69) is 99.4 Å². The number of hydrogen-bond acceptors (Lipinski definition) is 2.